The molecule has 0 fully saturated rings. The zero-order valence-corrected chi connectivity index (χ0v) is 11.7. The number of nitrogens with two attached hydrogens (primary N) is 1. The summed E-state index contributed by atoms with van der Waals surface area (Å²) in [4.78, 5) is 11.1. The fourth-order valence-electron chi connectivity index (χ4n) is 1.49. The van der Waals surface area contributed by atoms with Gasteiger partial charge in [0.2, 0.25) is 10.0 Å². The van der Waals surface area contributed by atoms with Gasteiger partial charge < -0.3 is 10.5 Å². The molecule has 0 aliphatic rings. The van der Waals surface area contributed by atoms with Gasteiger partial charge in [-0.1, -0.05) is 0 Å². The van der Waals surface area contributed by atoms with Crippen LogP contribution in [0.1, 0.15) is 10.4 Å². The number of hydrogen-bond acceptors (Lipinski definition) is 5. The molecule has 0 saturated heterocycles. The molecular weight excluding hydrogens is 294 g/mol. The number of esters is 1. The number of anilines is 1. The molecule has 0 saturated carbocycles. The quantitative estimate of drug-likeness (QED) is 0.646. The average molecular weight is 308 g/mol. The first kappa shape index (κ1) is 16.3. The van der Waals surface area contributed by atoms with Crippen LogP contribution in [0.4, 0.5) is 14.5 Å². The van der Waals surface area contributed by atoms with Crippen LogP contribution < -0.4 is 5.73 Å². The maximum atomic E-state index is 12.3. The molecule has 0 unspecified atom stereocenters. The number of nitrogens with zero attached hydrogens (tertiary/aromatic N) is 1. The first-order valence-corrected chi connectivity index (χ1v) is 6.86. The molecule has 2 N–H and O–H groups in total. The van der Waals surface area contributed by atoms with Gasteiger partial charge in [-0.15, -0.1) is 0 Å². The van der Waals surface area contributed by atoms with Crippen LogP contribution in [0.25, 0.3) is 0 Å². The van der Waals surface area contributed by atoms with Crippen molar-refractivity contribution in [2.45, 2.75) is 11.3 Å². The number of rotatable bonds is 5. The van der Waals surface area contributed by atoms with Crippen molar-refractivity contribution in [3.63, 3.8) is 0 Å². The van der Waals surface area contributed by atoms with E-state index in [0.29, 0.717) is 4.31 Å². The molecule has 20 heavy (non-hydrogen) atoms. The van der Waals surface area contributed by atoms with Crippen LogP contribution in [0.15, 0.2) is 23.1 Å². The largest absolute Gasteiger partial charge is 0.465 e. The van der Waals surface area contributed by atoms with Gasteiger partial charge in [0.25, 0.3) is 6.43 Å². The van der Waals surface area contributed by atoms with Gasteiger partial charge in [-0.2, -0.15) is 4.31 Å². The third kappa shape index (κ3) is 3.42. The lowest BCUT2D eigenvalue weighted by atomic mass is 10.2. The van der Waals surface area contributed by atoms with Gasteiger partial charge in [-0.25, -0.2) is 22.0 Å². The smallest absolute Gasteiger partial charge is 0.339 e. The fourth-order valence-corrected chi connectivity index (χ4v) is 2.85. The van der Waals surface area contributed by atoms with Crippen LogP contribution in [-0.2, 0) is 14.8 Å². The zero-order valence-electron chi connectivity index (χ0n) is 10.8. The predicted octanol–water partition coefficient (Wildman–Crippen LogP) is 0.941. The number of carbonyl (C=O) groups excluding carboxylic acids is 1. The molecule has 0 bridgehead atoms. The van der Waals surface area contributed by atoms with Crippen LogP contribution in [0, 0.1) is 0 Å². The lowest BCUT2D eigenvalue weighted by Gasteiger charge is -2.18. The van der Waals surface area contributed by atoms with E-state index >= 15 is 0 Å². The van der Waals surface area contributed by atoms with Gasteiger partial charge >= 0.3 is 5.97 Å². The third-order valence-electron chi connectivity index (χ3n) is 2.49. The second kappa shape index (κ2) is 6.14. The van der Waals surface area contributed by atoms with E-state index in [9.17, 15) is 22.0 Å². The normalized spacial score (nSPS) is 11.9. The summed E-state index contributed by atoms with van der Waals surface area (Å²) < 4.78 is 53.9. The molecule has 1 aromatic rings. The molecule has 9 heteroatoms. The minimum absolute atomic E-state index is 0.0849. The summed E-state index contributed by atoms with van der Waals surface area (Å²) in [5.41, 5.74) is 5.31. The molecule has 6 nitrogen and oxygen atoms in total. The highest BCUT2D eigenvalue weighted by molar-refractivity contribution is 7.89. The van der Waals surface area contributed by atoms with Gasteiger partial charge in [0.15, 0.2) is 0 Å². The van der Waals surface area contributed by atoms with Crippen molar-refractivity contribution in [2.75, 3.05) is 26.4 Å². The highest BCUT2D eigenvalue weighted by atomic mass is 32.2. The summed E-state index contributed by atoms with van der Waals surface area (Å²) in [5.74, 6) is -0.894. The topological polar surface area (TPSA) is 89.7 Å². The molecular formula is C11H14F2N2O4S. The summed E-state index contributed by atoms with van der Waals surface area (Å²) in [5, 5.41) is 0. The Hall–Kier alpha value is -1.74. The van der Waals surface area contributed by atoms with Crippen molar-refractivity contribution in [3.05, 3.63) is 23.8 Å². The summed E-state index contributed by atoms with van der Waals surface area (Å²) in [7, 11) is -2.20. The molecule has 0 aromatic heterocycles. The Morgan fingerprint density at radius 2 is 2.05 bits per heavy atom. The van der Waals surface area contributed by atoms with E-state index in [4.69, 9.17) is 5.73 Å². The predicted molar refractivity (Wildman–Crippen MR) is 68.0 cm³/mol. The van der Waals surface area contributed by atoms with Gasteiger partial charge in [0.1, 0.15) is 0 Å². The number of carbonyl (C=O) groups is 1. The van der Waals surface area contributed by atoms with Gasteiger partial charge in [-0.3, -0.25) is 0 Å². The monoisotopic (exact) mass is 308 g/mol. The highest BCUT2D eigenvalue weighted by Gasteiger charge is 2.29. The van der Waals surface area contributed by atoms with Crippen molar-refractivity contribution >= 4 is 21.7 Å². The summed E-state index contributed by atoms with van der Waals surface area (Å²) in [6.07, 6.45) is -2.84. The van der Waals surface area contributed by atoms with E-state index in [1.165, 1.54) is 12.1 Å². The van der Waals surface area contributed by atoms with Crippen LogP contribution in [0.2, 0.25) is 0 Å². The minimum atomic E-state index is -4.27. The Morgan fingerprint density at radius 3 is 2.55 bits per heavy atom. The van der Waals surface area contributed by atoms with Crippen LogP contribution >= 0.6 is 0 Å². The van der Waals surface area contributed by atoms with E-state index in [0.717, 1.165) is 20.2 Å². The Kier molecular flexibility index (Phi) is 5.01. The van der Waals surface area contributed by atoms with Crippen LogP contribution in [-0.4, -0.2) is 45.8 Å². The molecule has 0 aliphatic carbocycles. The average Bonchev–Trinajstić information content (AvgIpc) is 2.36. The number of hydrogen-bond donors (Lipinski definition) is 1. The SMILES string of the molecule is COC(=O)c1ccc(N)cc1S(=O)(=O)N(C)CC(F)F. The van der Waals surface area contributed by atoms with Gasteiger partial charge in [0, 0.05) is 12.7 Å². The number of sulfonamides is 1. The van der Waals surface area contributed by atoms with Gasteiger partial charge in [0.05, 0.1) is 24.1 Å². The molecule has 112 valence electrons. The maximum Gasteiger partial charge on any atom is 0.339 e. The zero-order chi connectivity index (χ0) is 15.5. The van der Waals surface area contributed by atoms with E-state index in [1.807, 2.05) is 0 Å². The van der Waals surface area contributed by atoms with E-state index < -0.39 is 33.9 Å². The third-order valence-corrected chi connectivity index (χ3v) is 4.36. The van der Waals surface area contributed by atoms with Gasteiger partial charge in [-0.05, 0) is 18.2 Å². The summed E-state index contributed by atoms with van der Waals surface area (Å²) in [6.45, 7) is -0.988. The second-order valence-corrected chi connectivity index (χ2v) is 5.94. The number of halogens is 2. The Balaban J connectivity index is 3.36. The number of methoxy groups -OCH3 is 1. The van der Waals surface area contributed by atoms with E-state index in [-0.39, 0.29) is 11.3 Å². The van der Waals surface area contributed by atoms with E-state index in [1.54, 1.807) is 0 Å². The molecule has 0 heterocycles. The fraction of sp³-hybridized carbons (Fsp3) is 0.364. The molecule has 0 spiro atoms. The number of nitrogen functional groups attached to an aromatic ring is 1. The highest BCUT2D eigenvalue weighted by Crippen LogP contribution is 2.23. The first-order chi connectivity index (χ1) is 9.20. The Bertz CT molecular complexity index is 604. The number of alkyl halides is 2. The van der Waals surface area contributed by atoms with Crippen molar-refractivity contribution < 1.29 is 26.7 Å². The van der Waals surface area contributed by atoms with Crippen molar-refractivity contribution in [2.24, 2.45) is 0 Å². The molecule has 0 radical (unpaired) electrons. The van der Waals surface area contributed by atoms with E-state index in [2.05, 4.69) is 4.74 Å². The Labute approximate surface area is 115 Å². The summed E-state index contributed by atoms with van der Waals surface area (Å²) in [6, 6.07) is 3.52. The van der Waals surface area contributed by atoms with Crippen LogP contribution in [0.5, 0.6) is 0 Å². The summed E-state index contributed by atoms with van der Waals surface area (Å²) >= 11 is 0. The van der Waals surface area contributed by atoms with Crippen molar-refractivity contribution in [1.82, 2.24) is 4.31 Å². The maximum absolute atomic E-state index is 12.3. The number of ether oxygens (including phenoxy) is 1. The molecule has 1 aromatic carbocycles. The Morgan fingerprint density at radius 1 is 1.45 bits per heavy atom. The second-order valence-electron chi connectivity index (χ2n) is 3.92. The first-order valence-electron chi connectivity index (χ1n) is 5.42. The molecule has 1 rings (SSSR count). The van der Waals surface area contributed by atoms with Crippen molar-refractivity contribution in [3.8, 4) is 0 Å². The minimum Gasteiger partial charge on any atom is -0.465 e. The molecule has 0 aliphatic heterocycles. The lowest BCUT2D eigenvalue weighted by molar-refractivity contribution is 0.0596. The molecule has 0 atom stereocenters. The molecule has 0 amide bonds. The standard InChI is InChI=1S/C11H14F2N2O4S/c1-15(6-10(12)13)20(17,18)9-5-7(14)3-4-8(9)11(16)19-2/h3-5,10H,6,14H2,1-2H3. The van der Waals surface area contributed by atoms with Crippen molar-refractivity contribution in [1.29, 1.82) is 0 Å². The van der Waals surface area contributed by atoms with Crippen LogP contribution in [0.3, 0.4) is 0 Å². The lowest BCUT2D eigenvalue weighted by Crippen LogP contribution is -2.32. The number of benzene rings is 1.